The number of aromatic nitrogens is 2. The van der Waals surface area contributed by atoms with Gasteiger partial charge < -0.3 is 0 Å². The van der Waals surface area contributed by atoms with E-state index in [1.807, 2.05) is 0 Å². The first kappa shape index (κ1) is 14.3. The highest BCUT2D eigenvalue weighted by Gasteiger charge is 2.62. The van der Waals surface area contributed by atoms with Gasteiger partial charge in [0.25, 0.3) is 0 Å². The van der Waals surface area contributed by atoms with Crippen molar-refractivity contribution in [2.75, 3.05) is 0 Å². The molecular weight excluding hydrogens is 348 g/mol. The van der Waals surface area contributed by atoms with E-state index in [1.54, 1.807) is 70.2 Å². The van der Waals surface area contributed by atoms with Crippen LogP contribution in [0.4, 0.5) is 0 Å². The molecule has 1 atom stereocenters. The summed E-state index contributed by atoms with van der Waals surface area (Å²) in [7, 11) is 0. The van der Waals surface area contributed by atoms with Gasteiger partial charge in [-0.05, 0) is 23.1 Å². The molecule has 27 heavy (non-hydrogen) atoms. The third-order valence-electron chi connectivity index (χ3n) is 4.61. The Labute approximate surface area is 156 Å². The van der Waals surface area contributed by atoms with Gasteiger partial charge in [-0.25, -0.2) is 0 Å². The van der Waals surface area contributed by atoms with Gasteiger partial charge in [-0.15, -0.1) is 9.13 Å². The molecule has 1 spiro atoms. The molecule has 2 aliphatic rings. The quantitative estimate of drug-likeness (QED) is 0.271. The second-order valence-electron chi connectivity index (χ2n) is 5.90. The van der Waals surface area contributed by atoms with E-state index in [-0.39, 0.29) is 17.2 Å². The number of hydrogen-bond acceptors (Lipinski definition) is 4. The lowest BCUT2D eigenvalue weighted by molar-refractivity contribution is -0.967. The zero-order valence-electron chi connectivity index (χ0n) is 15.8. The lowest BCUT2D eigenvalue weighted by Crippen LogP contribution is -2.73. The van der Waals surface area contributed by atoms with E-state index in [1.165, 1.54) is 6.08 Å². The summed E-state index contributed by atoms with van der Waals surface area (Å²) in [6.45, 7) is 0.839. The molecule has 0 N–H and O–H groups in total. The molecule has 8 nitrogen and oxygen atoms in total. The SMILES string of the molecule is [3H]C=C([3H])C1=Cc2cccc[n+]2C12C(C(=[C-][N+](=O)[O-])[N+](=O)[O-])=Cc1cccc[n+]12. The van der Waals surface area contributed by atoms with Crippen molar-refractivity contribution in [3.05, 3.63) is 116 Å². The van der Waals surface area contributed by atoms with Gasteiger partial charge in [0.05, 0.1) is 8.31 Å². The van der Waals surface area contributed by atoms with Crippen LogP contribution in [0.2, 0.25) is 0 Å². The van der Waals surface area contributed by atoms with E-state index in [0.29, 0.717) is 11.4 Å². The summed E-state index contributed by atoms with van der Waals surface area (Å²) in [4.78, 5) is 21.1. The zero-order chi connectivity index (χ0) is 20.8. The van der Waals surface area contributed by atoms with Crippen molar-refractivity contribution in [3.8, 4) is 0 Å². The van der Waals surface area contributed by atoms with Crippen molar-refractivity contribution in [2.45, 2.75) is 5.66 Å². The predicted molar refractivity (Wildman–Crippen MR) is 93.5 cm³/mol. The van der Waals surface area contributed by atoms with Gasteiger partial charge in [0, 0.05) is 40.8 Å². The molecule has 1 unspecified atom stereocenters. The topological polar surface area (TPSA) is 94.0 Å². The molecule has 0 saturated heterocycles. The number of pyridine rings is 2. The Morgan fingerprint density at radius 3 is 2.33 bits per heavy atom. The summed E-state index contributed by atoms with van der Waals surface area (Å²) in [5.74, 6) is 0. The number of allylic oxidation sites excluding steroid dienone is 3. The average molecular weight is 365 g/mol. The fraction of sp³-hybridized carbons (Fsp3) is 0.0526. The predicted octanol–water partition coefficient (Wildman–Crippen LogP) is 1.64. The van der Waals surface area contributed by atoms with Crippen molar-refractivity contribution in [3.63, 3.8) is 0 Å². The Kier molecular flexibility index (Phi) is 3.06. The summed E-state index contributed by atoms with van der Waals surface area (Å²) >= 11 is 0. The smallest absolute Gasteiger partial charge is 0.278 e. The number of nitrogens with zero attached hydrogens (tertiary/aromatic N) is 4. The highest BCUT2D eigenvalue weighted by atomic mass is 16.6. The maximum Gasteiger partial charge on any atom is 0.362 e. The Morgan fingerprint density at radius 2 is 1.78 bits per heavy atom. The third kappa shape index (κ3) is 2.16. The Hall–Kier alpha value is -3.94. The first-order valence-electron chi connectivity index (χ1n) is 8.94. The van der Waals surface area contributed by atoms with Crippen molar-refractivity contribution in [1.82, 2.24) is 0 Å². The van der Waals surface area contributed by atoms with E-state index in [4.69, 9.17) is 2.74 Å². The second-order valence-corrected chi connectivity index (χ2v) is 5.90. The van der Waals surface area contributed by atoms with Crippen LogP contribution in [-0.4, -0.2) is 9.85 Å². The standard InChI is InChI=1S/C19H13N4O4/c1-2-14-11-15-7-3-5-9-20(15)19(14)17(18(23(26)27)13-22(24)25)12-16-8-4-6-10-21(16)19/h2-12H,1H2/q+1/i1T,2T. The minimum atomic E-state index is -1.47. The molecule has 0 aromatic carbocycles. The summed E-state index contributed by atoms with van der Waals surface area (Å²) in [5, 5.41) is 22.9. The van der Waals surface area contributed by atoms with E-state index in [2.05, 4.69) is 0 Å². The first-order valence-corrected chi connectivity index (χ1v) is 7.86. The first-order chi connectivity index (χ1) is 13.9. The third-order valence-corrected chi connectivity index (χ3v) is 4.61. The average Bonchev–Trinajstić information content (AvgIpc) is 3.23. The van der Waals surface area contributed by atoms with E-state index >= 15 is 0 Å². The minimum Gasteiger partial charge on any atom is -0.278 e. The van der Waals surface area contributed by atoms with Crippen LogP contribution in [0, 0.1) is 26.4 Å². The molecule has 0 bridgehead atoms. The minimum absolute atomic E-state index is 0.0156. The molecule has 0 aliphatic carbocycles. The van der Waals surface area contributed by atoms with Gasteiger partial charge in [-0.1, -0.05) is 12.6 Å². The van der Waals surface area contributed by atoms with Crippen molar-refractivity contribution in [1.29, 1.82) is 0 Å². The van der Waals surface area contributed by atoms with Crippen LogP contribution in [0.5, 0.6) is 0 Å². The van der Waals surface area contributed by atoms with Crippen LogP contribution in [0.15, 0.2) is 78.2 Å². The molecule has 0 radical (unpaired) electrons. The molecule has 8 heteroatoms. The molecule has 132 valence electrons. The maximum absolute atomic E-state index is 11.8. The van der Waals surface area contributed by atoms with Gasteiger partial charge >= 0.3 is 5.66 Å². The summed E-state index contributed by atoms with van der Waals surface area (Å²) in [5.41, 5.74) is -0.824. The molecular formula is C19H13N4O4+. The molecule has 2 aliphatic heterocycles. The fourth-order valence-corrected chi connectivity index (χ4v) is 3.68. The number of hydrogen-bond donors (Lipinski definition) is 0. The number of nitro groups is 2. The van der Waals surface area contributed by atoms with Crippen LogP contribution in [-0.2, 0) is 5.66 Å². The van der Waals surface area contributed by atoms with Crippen molar-refractivity contribution < 1.29 is 21.7 Å². The molecule has 2 aromatic heterocycles. The van der Waals surface area contributed by atoms with Crippen LogP contribution < -0.4 is 9.13 Å². The van der Waals surface area contributed by atoms with E-state index in [9.17, 15) is 20.2 Å². The molecule has 4 heterocycles. The Morgan fingerprint density at radius 1 is 1.15 bits per heavy atom. The van der Waals surface area contributed by atoms with Crippen LogP contribution in [0.25, 0.3) is 12.2 Å². The molecule has 0 amide bonds. The van der Waals surface area contributed by atoms with E-state index in [0.717, 1.165) is 6.55 Å². The number of rotatable bonds is 4. The molecule has 4 rings (SSSR count). The summed E-state index contributed by atoms with van der Waals surface area (Å²) < 4.78 is 19.3. The highest BCUT2D eigenvalue weighted by molar-refractivity contribution is 5.66. The number of fused-ring (bicyclic) bond motifs is 4. The van der Waals surface area contributed by atoms with Crippen molar-refractivity contribution >= 4 is 12.2 Å². The second kappa shape index (κ2) is 5.80. The summed E-state index contributed by atoms with van der Waals surface area (Å²) in [6, 6.07) is 10.3. The lowest BCUT2D eigenvalue weighted by atomic mass is 9.91. The zero-order valence-corrected chi connectivity index (χ0v) is 13.8. The molecule has 0 fully saturated rings. The monoisotopic (exact) mass is 365 g/mol. The Balaban J connectivity index is 2.15. The fourth-order valence-electron chi connectivity index (χ4n) is 3.68. The van der Waals surface area contributed by atoms with Crippen LogP contribution in [0.3, 0.4) is 0 Å². The van der Waals surface area contributed by atoms with Gasteiger partial charge in [-0.3, -0.25) is 20.2 Å². The van der Waals surface area contributed by atoms with Gasteiger partial charge in [0.2, 0.25) is 11.9 Å². The largest absolute Gasteiger partial charge is 0.362 e. The normalized spacial score (nSPS) is 21.8. The van der Waals surface area contributed by atoms with Gasteiger partial charge in [0.15, 0.2) is 23.8 Å². The maximum atomic E-state index is 11.8. The Bertz CT molecular complexity index is 1190. The highest BCUT2D eigenvalue weighted by Crippen LogP contribution is 2.41. The molecule has 2 aromatic rings. The lowest BCUT2D eigenvalue weighted by Gasteiger charge is -2.24. The summed E-state index contributed by atoms with van der Waals surface area (Å²) in [6.07, 6.45) is 8.21. The van der Waals surface area contributed by atoms with Crippen molar-refractivity contribution in [2.24, 2.45) is 0 Å². The molecule has 0 saturated carbocycles. The van der Waals surface area contributed by atoms with Crippen LogP contribution in [0.1, 0.15) is 14.1 Å². The van der Waals surface area contributed by atoms with Gasteiger partial charge in [-0.2, -0.15) is 0 Å². The van der Waals surface area contributed by atoms with Gasteiger partial charge in [0.1, 0.15) is 0 Å². The van der Waals surface area contributed by atoms with E-state index < -0.39 is 21.2 Å². The van der Waals surface area contributed by atoms with Crippen LogP contribution >= 0.6 is 0 Å².